The van der Waals surface area contributed by atoms with E-state index in [1.165, 1.54) is 38.9 Å². The lowest BCUT2D eigenvalue weighted by Crippen LogP contribution is -3.00. The lowest BCUT2D eigenvalue weighted by molar-refractivity contribution is -0.960. The minimum atomic E-state index is -0.0899. The summed E-state index contributed by atoms with van der Waals surface area (Å²) in [6.07, 6.45) is 4.14. The van der Waals surface area contributed by atoms with Gasteiger partial charge in [-0.3, -0.25) is 4.48 Å². The molecule has 0 aliphatic carbocycles. The first kappa shape index (κ1) is 12.0. The summed E-state index contributed by atoms with van der Waals surface area (Å²) in [7, 11) is 0. The van der Waals surface area contributed by atoms with Crippen LogP contribution in [0.25, 0.3) is 0 Å². The molecule has 4 heteroatoms. The molecule has 78 valence electrons. The highest BCUT2D eigenvalue weighted by molar-refractivity contribution is 9.09. The molecule has 13 heavy (non-hydrogen) atoms. The van der Waals surface area contributed by atoms with E-state index >= 15 is 0 Å². The maximum atomic E-state index is 5.72. The molecule has 0 aromatic rings. The topological polar surface area (TPSA) is 9.23 Å². The van der Waals surface area contributed by atoms with Gasteiger partial charge in [0.1, 0.15) is 13.2 Å². The molecule has 2 saturated heterocycles. The van der Waals surface area contributed by atoms with Crippen molar-refractivity contribution in [2.24, 2.45) is 0 Å². The van der Waals surface area contributed by atoms with Gasteiger partial charge in [0.15, 0.2) is 0 Å². The standard InChI is InChI=1S/C9H17BrNO.BrH/c1-9(10)11(7-8-12-9)5-3-2-4-6-11;/h2-8H2,1H3;1H/q+1;/p-1. The summed E-state index contributed by atoms with van der Waals surface area (Å²) in [5.41, 5.74) is 0. The van der Waals surface area contributed by atoms with Crippen molar-refractivity contribution < 1.29 is 26.2 Å². The molecule has 1 spiro atoms. The van der Waals surface area contributed by atoms with Crippen molar-refractivity contribution in [2.45, 2.75) is 30.8 Å². The first-order chi connectivity index (χ1) is 5.66. The van der Waals surface area contributed by atoms with E-state index in [2.05, 4.69) is 22.9 Å². The Morgan fingerprint density at radius 2 is 1.77 bits per heavy atom. The summed E-state index contributed by atoms with van der Waals surface area (Å²) < 4.78 is 6.78. The summed E-state index contributed by atoms with van der Waals surface area (Å²) in [6.45, 7) is 6.87. The van der Waals surface area contributed by atoms with E-state index in [9.17, 15) is 0 Å². The maximum absolute atomic E-state index is 5.72. The third-order valence-corrected chi connectivity index (χ3v) is 4.39. The quantitative estimate of drug-likeness (QED) is 0.320. The van der Waals surface area contributed by atoms with Crippen LogP contribution in [0.1, 0.15) is 26.2 Å². The molecule has 2 fully saturated rings. The SMILES string of the molecule is CC1(Br)OCC[N+]12CCCCC2.[Br-]. The summed E-state index contributed by atoms with van der Waals surface area (Å²) >= 11 is 3.71. The number of alkyl halides is 1. The van der Waals surface area contributed by atoms with Crippen LogP contribution in [-0.4, -0.2) is 35.4 Å². The molecule has 2 heterocycles. The number of halogens is 2. The third-order valence-electron chi connectivity index (χ3n) is 3.40. The van der Waals surface area contributed by atoms with Crippen LogP contribution in [0.5, 0.6) is 0 Å². The van der Waals surface area contributed by atoms with Crippen LogP contribution in [0.4, 0.5) is 0 Å². The van der Waals surface area contributed by atoms with E-state index in [0.29, 0.717) is 0 Å². The smallest absolute Gasteiger partial charge is 0.257 e. The summed E-state index contributed by atoms with van der Waals surface area (Å²) in [4.78, 5) is 0. The fourth-order valence-corrected chi connectivity index (χ4v) is 3.18. The number of hydrogen-bond acceptors (Lipinski definition) is 1. The van der Waals surface area contributed by atoms with Gasteiger partial charge in [-0.05, 0) is 19.3 Å². The van der Waals surface area contributed by atoms with Crippen molar-refractivity contribution in [3.05, 3.63) is 0 Å². The summed E-state index contributed by atoms with van der Waals surface area (Å²) in [6, 6.07) is 0. The Hall–Kier alpha value is 0.880. The Morgan fingerprint density at radius 1 is 1.15 bits per heavy atom. The van der Waals surface area contributed by atoms with Crippen molar-refractivity contribution >= 4 is 15.9 Å². The number of piperidine rings is 1. The van der Waals surface area contributed by atoms with E-state index in [0.717, 1.165) is 11.1 Å². The zero-order valence-corrected chi connectivity index (χ0v) is 11.2. The minimum Gasteiger partial charge on any atom is -1.00 e. The van der Waals surface area contributed by atoms with Crippen LogP contribution < -0.4 is 17.0 Å². The van der Waals surface area contributed by atoms with Crippen LogP contribution in [0, 0.1) is 0 Å². The van der Waals surface area contributed by atoms with Crippen molar-refractivity contribution in [1.82, 2.24) is 0 Å². The molecule has 0 amide bonds. The number of rotatable bonds is 0. The zero-order valence-electron chi connectivity index (χ0n) is 8.06. The van der Waals surface area contributed by atoms with Gasteiger partial charge in [0.05, 0.1) is 13.1 Å². The second-order valence-corrected chi connectivity index (χ2v) is 5.57. The molecular weight excluding hydrogens is 298 g/mol. The average Bonchev–Trinajstić information content (AvgIpc) is 2.30. The van der Waals surface area contributed by atoms with Gasteiger partial charge in [0.25, 0.3) is 4.63 Å². The van der Waals surface area contributed by atoms with Crippen LogP contribution in [-0.2, 0) is 4.74 Å². The Bertz CT molecular complexity index is 178. The second kappa shape index (κ2) is 4.17. The predicted molar refractivity (Wildman–Crippen MR) is 52.0 cm³/mol. The molecule has 0 aromatic carbocycles. The Balaban J connectivity index is 0.000000845. The van der Waals surface area contributed by atoms with Crippen LogP contribution in [0.3, 0.4) is 0 Å². The summed E-state index contributed by atoms with van der Waals surface area (Å²) in [5.74, 6) is 0. The van der Waals surface area contributed by atoms with Gasteiger partial charge in [-0.1, -0.05) is 0 Å². The number of hydrogen-bond donors (Lipinski definition) is 0. The highest BCUT2D eigenvalue weighted by Gasteiger charge is 2.51. The Kier molecular flexibility index (Phi) is 3.83. The van der Waals surface area contributed by atoms with E-state index in [-0.39, 0.29) is 21.6 Å². The molecule has 0 aromatic heterocycles. The number of quaternary nitrogens is 1. The van der Waals surface area contributed by atoms with E-state index in [1.807, 2.05) is 0 Å². The molecule has 2 aliphatic heterocycles. The Morgan fingerprint density at radius 3 is 2.23 bits per heavy atom. The average molecular weight is 315 g/mol. The van der Waals surface area contributed by atoms with Gasteiger partial charge in [-0.2, -0.15) is 0 Å². The Labute approximate surface area is 99.1 Å². The molecule has 0 N–H and O–H groups in total. The van der Waals surface area contributed by atoms with Gasteiger partial charge < -0.3 is 21.7 Å². The normalized spacial score (nSPS) is 37.4. The van der Waals surface area contributed by atoms with Gasteiger partial charge in [0.2, 0.25) is 0 Å². The lowest BCUT2D eigenvalue weighted by atomic mass is 10.1. The predicted octanol–water partition coefficient (Wildman–Crippen LogP) is -0.910. The molecule has 2 rings (SSSR count). The highest BCUT2D eigenvalue weighted by atomic mass is 79.9. The van der Waals surface area contributed by atoms with E-state index in [4.69, 9.17) is 4.74 Å². The fraction of sp³-hybridized carbons (Fsp3) is 1.00. The molecule has 2 nitrogen and oxygen atoms in total. The van der Waals surface area contributed by atoms with Crippen molar-refractivity contribution in [3.8, 4) is 0 Å². The third kappa shape index (κ3) is 1.96. The van der Waals surface area contributed by atoms with Crippen molar-refractivity contribution in [2.75, 3.05) is 26.2 Å². The fourth-order valence-electron chi connectivity index (χ4n) is 2.48. The molecule has 2 aliphatic rings. The molecule has 1 atom stereocenters. The van der Waals surface area contributed by atoms with Gasteiger partial charge >= 0.3 is 0 Å². The van der Waals surface area contributed by atoms with Crippen molar-refractivity contribution in [3.63, 3.8) is 0 Å². The molecule has 1 unspecified atom stereocenters. The summed E-state index contributed by atoms with van der Waals surface area (Å²) in [5, 5.41) is 0. The first-order valence-corrected chi connectivity index (χ1v) is 5.65. The highest BCUT2D eigenvalue weighted by Crippen LogP contribution is 2.40. The number of nitrogens with zero attached hydrogens (tertiary/aromatic N) is 1. The molecule has 0 saturated carbocycles. The monoisotopic (exact) mass is 313 g/mol. The van der Waals surface area contributed by atoms with Gasteiger partial charge in [0, 0.05) is 22.9 Å². The minimum absolute atomic E-state index is 0. The zero-order chi connectivity index (χ0) is 8.66. The van der Waals surface area contributed by atoms with Crippen molar-refractivity contribution in [1.29, 1.82) is 0 Å². The van der Waals surface area contributed by atoms with Crippen LogP contribution in [0.2, 0.25) is 0 Å². The second-order valence-electron chi connectivity index (χ2n) is 4.09. The maximum Gasteiger partial charge on any atom is 0.257 e. The van der Waals surface area contributed by atoms with Gasteiger partial charge in [-0.25, -0.2) is 0 Å². The van der Waals surface area contributed by atoms with E-state index < -0.39 is 0 Å². The molecular formula is C9H17Br2NO. The first-order valence-electron chi connectivity index (χ1n) is 4.85. The number of ether oxygens (including phenoxy) is 1. The molecule has 0 bridgehead atoms. The largest absolute Gasteiger partial charge is 1.00 e. The van der Waals surface area contributed by atoms with E-state index in [1.54, 1.807) is 0 Å². The molecule has 0 radical (unpaired) electrons. The van der Waals surface area contributed by atoms with Crippen LogP contribution >= 0.6 is 15.9 Å². The van der Waals surface area contributed by atoms with Gasteiger partial charge in [-0.15, -0.1) is 0 Å². The van der Waals surface area contributed by atoms with Crippen LogP contribution in [0.15, 0.2) is 0 Å². The lowest BCUT2D eigenvalue weighted by Gasteiger charge is -2.44.